The molecule has 184 valence electrons. The molecule has 4 aromatic rings. The third kappa shape index (κ3) is 3.89. The van der Waals surface area contributed by atoms with Gasteiger partial charge in [0.15, 0.2) is 5.22 Å². The number of carbonyl (C=O) groups is 1. The molecule has 0 aliphatic carbocycles. The van der Waals surface area contributed by atoms with E-state index in [1.54, 1.807) is 30.9 Å². The Bertz CT molecular complexity index is 1580. The van der Waals surface area contributed by atoms with Gasteiger partial charge in [-0.05, 0) is 30.7 Å². The molecular weight excluding hydrogens is 514 g/mol. The standard InChI is InChI=1S/C22H22ClN5O5S2/c1-10-9-34-19(25-10)16-14-15(26(2)22(31)27(3)20(14)29)17-18(12-5-6-13(23)33-12)35-11(8-28(16)17)7-24-21(30)32-4/h5-6,9,11,18H,7-8H2,1-4H3,(H,24,30)/t11-,18+/m0/s1. The van der Waals surface area contributed by atoms with Crippen molar-refractivity contribution in [1.29, 1.82) is 0 Å². The number of aryl methyl sites for hydroxylation is 2. The van der Waals surface area contributed by atoms with Crippen LogP contribution in [0.25, 0.3) is 21.6 Å². The molecule has 1 amide bonds. The molecule has 0 unspecified atom stereocenters. The van der Waals surface area contributed by atoms with E-state index in [0.717, 1.165) is 16.0 Å². The smallest absolute Gasteiger partial charge is 0.406 e. The molecule has 1 aliphatic rings. The minimum Gasteiger partial charge on any atom is -0.453 e. The first-order chi connectivity index (χ1) is 16.7. The second-order valence-corrected chi connectivity index (χ2v) is 10.9. The lowest BCUT2D eigenvalue weighted by Crippen LogP contribution is -2.37. The van der Waals surface area contributed by atoms with Crippen LogP contribution in [0, 0.1) is 6.92 Å². The zero-order valence-electron chi connectivity index (χ0n) is 19.3. The highest BCUT2D eigenvalue weighted by Crippen LogP contribution is 2.49. The molecule has 1 N–H and O–H groups in total. The highest BCUT2D eigenvalue weighted by Gasteiger charge is 2.38. The maximum atomic E-state index is 13.5. The molecule has 4 aromatic heterocycles. The van der Waals surface area contributed by atoms with Gasteiger partial charge in [-0.1, -0.05) is 0 Å². The molecule has 0 radical (unpaired) electrons. The summed E-state index contributed by atoms with van der Waals surface area (Å²) in [6.45, 7) is 2.68. The van der Waals surface area contributed by atoms with Crippen LogP contribution in [0.1, 0.15) is 22.4 Å². The number of nitrogens with one attached hydrogen (secondary N) is 1. The Morgan fingerprint density at radius 3 is 2.71 bits per heavy atom. The predicted molar refractivity (Wildman–Crippen MR) is 136 cm³/mol. The molecule has 0 bridgehead atoms. The van der Waals surface area contributed by atoms with Crippen molar-refractivity contribution in [2.24, 2.45) is 14.1 Å². The Labute approximate surface area is 212 Å². The number of hydrogen-bond acceptors (Lipinski definition) is 8. The van der Waals surface area contributed by atoms with Crippen molar-refractivity contribution in [3.8, 4) is 10.7 Å². The first-order valence-electron chi connectivity index (χ1n) is 10.7. The van der Waals surface area contributed by atoms with Crippen molar-refractivity contribution in [2.75, 3.05) is 13.7 Å². The maximum Gasteiger partial charge on any atom is 0.406 e. The fourth-order valence-electron chi connectivity index (χ4n) is 4.44. The third-order valence-electron chi connectivity index (χ3n) is 6.00. The van der Waals surface area contributed by atoms with E-state index in [2.05, 4.69) is 10.3 Å². The van der Waals surface area contributed by atoms with Gasteiger partial charge in [-0.15, -0.1) is 23.1 Å². The van der Waals surface area contributed by atoms with Crippen LogP contribution >= 0.6 is 34.7 Å². The Kier molecular flexibility index (Phi) is 6.06. The van der Waals surface area contributed by atoms with E-state index in [-0.39, 0.29) is 10.5 Å². The summed E-state index contributed by atoms with van der Waals surface area (Å²) >= 11 is 9.11. The van der Waals surface area contributed by atoms with Crippen molar-refractivity contribution in [3.63, 3.8) is 0 Å². The lowest BCUT2D eigenvalue weighted by Gasteiger charge is -2.31. The summed E-state index contributed by atoms with van der Waals surface area (Å²) < 4.78 is 15.2. The van der Waals surface area contributed by atoms with Crippen LogP contribution < -0.4 is 16.6 Å². The van der Waals surface area contributed by atoms with Crippen LogP contribution in [0.4, 0.5) is 4.79 Å². The second kappa shape index (κ2) is 8.92. The number of furan rings is 1. The van der Waals surface area contributed by atoms with Gasteiger partial charge in [0.25, 0.3) is 5.56 Å². The molecule has 0 fully saturated rings. The van der Waals surface area contributed by atoms with Crippen molar-refractivity contribution in [1.82, 2.24) is 24.0 Å². The molecular formula is C22H22ClN5O5S2. The van der Waals surface area contributed by atoms with E-state index < -0.39 is 22.6 Å². The summed E-state index contributed by atoms with van der Waals surface area (Å²) in [5, 5.41) is 5.52. The number of amides is 1. The topological polar surface area (TPSA) is 113 Å². The Morgan fingerprint density at radius 1 is 1.31 bits per heavy atom. The Hall–Kier alpha value is -2.96. The quantitative estimate of drug-likeness (QED) is 0.426. The van der Waals surface area contributed by atoms with Crippen LogP contribution in [-0.2, 0) is 25.4 Å². The molecule has 35 heavy (non-hydrogen) atoms. The predicted octanol–water partition coefficient (Wildman–Crippen LogP) is 3.28. The van der Waals surface area contributed by atoms with Gasteiger partial charge in [0, 0.05) is 43.5 Å². The molecule has 1 aliphatic heterocycles. The fraction of sp³-hybridized carbons (Fsp3) is 0.364. The first-order valence-corrected chi connectivity index (χ1v) is 12.9. The van der Waals surface area contributed by atoms with Crippen molar-refractivity contribution in [3.05, 3.63) is 60.7 Å². The summed E-state index contributed by atoms with van der Waals surface area (Å²) in [6.07, 6.45) is -0.529. The van der Waals surface area contributed by atoms with E-state index in [0.29, 0.717) is 40.5 Å². The molecule has 10 nitrogen and oxygen atoms in total. The number of thioether (sulfide) groups is 1. The minimum absolute atomic E-state index is 0.0991. The highest BCUT2D eigenvalue weighted by molar-refractivity contribution is 8.00. The Morgan fingerprint density at radius 2 is 2.09 bits per heavy atom. The highest BCUT2D eigenvalue weighted by atomic mass is 35.5. The van der Waals surface area contributed by atoms with E-state index in [1.165, 1.54) is 30.1 Å². The van der Waals surface area contributed by atoms with Crippen molar-refractivity contribution >= 4 is 51.7 Å². The largest absolute Gasteiger partial charge is 0.453 e. The van der Waals surface area contributed by atoms with E-state index >= 15 is 0 Å². The number of carbonyl (C=O) groups excluding carboxylic acids is 1. The van der Waals surface area contributed by atoms with Gasteiger partial charge in [0.1, 0.15) is 16.0 Å². The number of ether oxygens (including phenoxy) is 1. The van der Waals surface area contributed by atoms with Crippen LogP contribution in [0.3, 0.4) is 0 Å². The van der Waals surface area contributed by atoms with E-state index in [4.69, 9.17) is 20.8 Å². The lowest BCUT2D eigenvalue weighted by atomic mass is 10.2. The number of alkyl carbamates (subject to hydrolysis) is 1. The van der Waals surface area contributed by atoms with E-state index in [9.17, 15) is 14.4 Å². The van der Waals surface area contributed by atoms with Crippen LogP contribution in [-0.4, -0.2) is 43.7 Å². The molecule has 0 saturated carbocycles. The van der Waals surface area contributed by atoms with Gasteiger partial charge >= 0.3 is 11.8 Å². The molecule has 0 spiro atoms. The summed E-state index contributed by atoms with van der Waals surface area (Å²) in [7, 11) is 4.44. The number of halogens is 1. The second-order valence-electron chi connectivity index (χ2n) is 8.22. The fourth-order valence-corrected chi connectivity index (χ4v) is 6.87. The summed E-state index contributed by atoms with van der Waals surface area (Å²) in [5.41, 5.74) is 1.96. The number of hydrogen-bond donors (Lipinski definition) is 1. The first kappa shape index (κ1) is 23.8. The van der Waals surface area contributed by atoms with Crippen LogP contribution in [0.2, 0.25) is 5.22 Å². The van der Waals surface area contributed by atoms with E-state index in [1.807, 2.05) is 16.9 Å². The molecule has 13 heteroatoms. The number of fused-ring (bicyclic) bond motifs is 3. The van der Waals surface area contributed by atoms with Gasteiger partial charge in [-0.25, -0.2) is 14.6 Å². The van der Waals surface area contributed by atoms with Gasteiger partial charge in [0.05, 0.1) is 29.4 Å². The summed E-state index contributed by atoms with van der Waals surface area (Å²) in [6, 6.07) is 3.44. The SMILES string of the molecule is COC(=O)NC[C@H]1Cn2c(-c3nc(C)cs3)c3c(=O)n(C)c(=O)n(C)c3c2[C@@H](c2ccc(Cl)o2)S1. The molecule has 0 saturated heterocycles. The average molecular weight is 536 g/mol. The summed E-state index contributed by atoms with van der Waals surface area (Å²) in [5.74, 6) is 0.582. The summed E-state index contributed by atoms with van der Waals surface area (Å²) in [4.78, 5) is 42.9. The van der Waals surface area contributed by atoms with Crippen molar-refractivity contribution < 1.29 is 13.9 Å². The number of methoxy groups -OCH3 is 1. The van der Waals surface area contributed by atoms with Crippen LogP contribution in [0.15, 0.2) is 31.5 Å². The molecule has 5 heterocycles. The normalized spacial score (nSPS) is 17.5. The van der Waals surface area contributed by atoms with Gasteiger partial charge in [-0.2, -0.15) is 0 Å². The monoisotopic (exact) mass is 535 g/mol. The number of nitrogens with zero attached hydrogens (tertiary/aromatic N) is 4. The zero-order chi connectivity index (χ0) is 25.0. The van der Waals surface area contributed by atoms with Gasteiger partial charge < -0.3 is 19.0 Å². The number of aromatic nitrogens is 4. The van der Waals surface area contributed by atoms with Crippen LogP contribution in [0.5, 0.6) is 0 Å². The maximum absolute atomic E-state index is 13.5. The van der Waals surface area contributed by atoms with Crippen molar-refractivity contribution in [2.45, 2.75) is 24.0 Å². The lowest BCUT2D eigenvalue weighted by molar-refractivity contribution is 0.171. The minimum atomic E-state index is -0.529. The number of thiazole rings is 1. The molecule has 5 rings (SSSR count). The Balaban J connectivity index is 1.83. The van der Waals surface area contributed by atoms with Gasteiger partial charge in [-0.3, -0.25) is 13.9 Å². The van der Waals surface area contributed by atoms with Gasteiger partial charge in [0.2, 0.25) is 0 Å². The zero-order valence-corrected chi connectivity index (χ0v) is 21.7. The third-order valence-corrected chi connectivity index (χ3v) is 8.60. The molecule has 0 aromatic carbocycles. The number of rotatable bonds is 4. The molecule has 2 atom stereocenters. The average Bonchev–Trinajstić information content (AvgIpc) is 3.55.